The average molecular weight is 445 g/mol. The zero-order valence-electron chi connectivity index (χ0n) is 16.1. The summed E-state index contributed by atoms with van der Waals surface area (Å²) >= 11 is 7.11. The number of benzene rings is 2. The number of esters is 1. The van der Waals surface area contributed by atoms with Crippen molar-refractivity contribution in [3.8, 4) is 11.1 Å². The van der Waals surface area contributed by atoms with E-state index < -0.39 is 16.8 Å². The second-order valence-corrected chi connectivity index (χ2v) is 7.61. The summed E-state index contributed by atoms with van der Waals surface area (Å²) in [4.78, 5) is 36.0. The molecule has 2 aromatic carbocycles. The smallest absolute Gasteiger partial charge is 0.341 e. The maximum absolute atomic E-state index is 12.7. The molecule has 3 aromatic rings. The predicted molar refractivity (Wildman–Crippen MR) is 117 cm³/mol. The van der Waals surface area contributed by atoms with Crippen LogP contribution < -0.4 is 5.32 Å². The molecule has 7 nitrogen and oxygen atoms in total. The van der Waals surface area contributed by atoms with Crippen molar-refractivity contribution in [3.63, 3.8) is 0 Å². The third kappa shape index (κ3) is 4.50. The lowest BCUT2D eigenvalue weighted by atomic mass is 10.0. The molecule has 0 atom stereocenters. The zero-order valence-corrected chi connectivity index (χ0v) is 17.7. The Hall–Kier alpha value is -3.23. The van der Waals surface area contributed by atoms with Crippen LogP contribution in [0.3, 0.4) is 0 Å². The number of nitro groups is 1. The lowest BCUT2D eigenvalue weighted by Crippen LogP contribution is -2.15. The second-order valence-electron chi connectivity index (χ2n) is 6.29. The molecule has 1 amide bonds. The number of anilines is 1. The summed E-state index contributed by atoms with van der Waals surface area (Å²) in [5, 5.41) is 16.4. The van der Waals surface area contributed by atoms with E-state index in [1.165, 1.54) is 29.5 Å². The lowest BCUT2D eigenvalue weighted by Gasteiger charge is -2.09. The third-order valence-electron chi connectivity index (χ3n) is 4.32. The molecule has 0 aliphatic carbocycles. The Balaban J connectivity index is 1.98. The lowest BCUT2D eigenvalue weighted by molar-refractivity contribution is -0.385. The summed E-state index contributed by atoms with van der Waals surface area (Å²) in [7, 11) is 0. The van der Waals surface area contributed by atoms with Crippen LogP contribution in [0.2, 0.25) is 5.02 Å². The molecule has 0 radical (unpaired) electrons. The number of halogens is 1. The van der Waals surface area contributed by atoms with E-state index in [9.17, 15) is 19.7 Å². The molecule has 1 N–H and O–H groups in total. The van der Waals surface area contributed by atoms with Crippen molar-refractivity contribution in [2.24, 2.45) is 0 Å². The molecular weight excluding hydrogens is 428 g/mol. The zero-order chi connectivity index (χ0) is 21.8. The largest absolute Gasteiger partial charge is 0.462 e. The standard InChI is InChI=1S/C21H17ClN2O5S/c1-3-29-21(26)18-16(13-6-8-15(22)9-7-13)11-30-20(18)23-19(25)14-5-4-12(2)17(10-14)24(27)28/h4-11H,3H2,1-2H3,(H,23,25). The molecule has 30 heavy (non-hydrogen) atoms. The van der Waals surface area contributed by atoms with Gasteiger partial charge in [0.15, 0.2) is 0 Å². The third-order valence-corrected chi connectivity index (χ3v) is 5.47. The van der Waals surface area contributed by atoms with E-state index in [2.05, 4.69) is 5.32 Å². The Bertz CT molecular complexity index is 1120. The van der Waals surface area contributed by atoms with Gasteiger partial charge in [0, 0.05) is 33.2 Å². The van der Waals surface area contributed by atoms with Crippen molar-refractivity contribution in [2.45, 2.75) is 13.8 Å². The molecular formula is C21H17ClN2O5S. The van der Waals surface area contributed by atoms with Crippen LogP contribution >= 0.6 is 22.9 Å². The van der Waals surface area contributed by atoms with Gasteiger partial charge in [0.1, 0.15) is 10.6 Å². The molecule has 1 aromatic heterocycles. The van der Waals surface area contributed by atoms with Crippen molar-refractivity contribution in [2.75, 3.05) is 11.9 Å². The minimum Gasteiger partial charge on any atom is -0.462 e. The van der Waals surface area contributed by atoms with Gasteiger partial charge in [0.05, 0.1) is 11.5 Å². The molecule has 0 bridgehead atoms. The number of carbonyl (C=O) groups is 2. The van der Waals surface area contributed by atoms with E-state index >= 15 is 0 Å². The SMILES string of the molecule is CCOC(=O)c1c(-c2ccc(Cl)cc2)csc1NC(=O)c1ccc(C)c([N+](=O)[O-])c1. The van der Waals surface area contributed by atoms with Gasteiger partial charge in [-0.25, -0.2) is 4.79 Å². The molecule has 0 aliphatic heterocycles. The molecule has 1 heterocycles. The van der Waals surface area contributed by atoms with Gasteiger partial charge in [0.2, 0.25) is 0 Å². The van der Waals surface area contributed by atoms with Crippen molar-refractivity contribution in [1.29, 1.82) is 0 Å². The van der Waals surface area contributed by atoms with Crippen LogP contribution in [0.5, 0.6) is 0 Å². The highest BCUT2D eigenvalue weighted by atomic mass is 35.5. The quantitative estimate of drug-likeness (QED) is 0.298. The van der Waals surface area contributed by atoms with Gasteiger partial charge in [-0.05, 0) is 37.6 Å². The first-order chi connectivity index (χ1) is 14.3. The number of nitrogens with one attached hydrogen (secondary N) is 1. The van der Waals surface area contributed by atoms with Crippen LogP contribution in [0.1, 0.15) is 33.2 Å². The summed E-state index contributed by atoms with van der Waals surface area (Å²) < 4.78 is 5.17. The Kier molecular flexibility index (Phi) is 6.49. The monoisotopic (exact) mass is 444 g/mol. The molecule has 154 valence electrons. The summed E-state index contributed by atoms with van der Waals surface area (Å²) in [6.45, 7) is 3.46. The molecule has 0 fully saturated rings. The normalized spacial score (nSPS) is 10.5. The van der Waals surface area contributed by atoms with Crippen LogP contribution in [-0.4, -0.2) is 23.4 Å². The fraction of sp³-hybridized carbons (Fsp3) is 0.143. The number of nitro benzene ring substituents is 1. The summed E-state index contributed by atoms with van der Waals surface area (Å²) in [6.07, 6.45) is 0. The van der Waals surface area contributed by atoms with Crippen molar-refractivity contribution < 1.29 is 19.2 Å². The number of thiophene rings is 1. The highest BCUT2D eigenvalue weighted by Gasteiger charge is 2.24. The molecule has 3 rings (SSSR count). The Labute approximate surface area is 181 Å². The van der Waals surface area contributed by atoms with E-state index in [0.717, 1.165) is 5.56 Å². The Morgan fingerprint density at radius 2 is 1.90 bits per heavy atom. The van der Waals surface area contributed by atoms with E-state index in [1.807, 2.05) is 0 Å². The fourth-order valence-electron chi connectivity index (χ4n) is 2.82. The number of hydrogen-bond donors (Lipinski definition) is 1. The summed E-state index contributed by atoms with van der Waals surface area (Å²) in [5.41, 5.74) is 1.97. The Morgan fingerprint density at radius 1 is 1.20 bits per heavy atom. The molecule has 0 aliphatic rings. The number of hydrogen-bond acceptors (Lipinski definition) is 6. The van der Waals surface area contributed by atoms with E-state index in [4.69, 9.17) is 16.3 Å². The van der Waals surface area contributed by atoms with Crippen molar-refractivity contribution >= 4 is 45.5 Å². The van der Waals surface area contributed by atoms with Crippen LogP contribution in [0.4, 0.5) is 10.7 Å². The molecule has 0 unspecified atom stereocenters. The van der Waals surface area contributed by atoms with Gasteiger partial charge in [-0.3, -0.25) is 14.9 Å². The number of ether oxygens (including phenoxy) is 1. The number of amides is 1. The minimum absolute atomic E-state index is 0.114. The van der Waals surface area contributed by atoms with Gasteiger partial charge >= 0.3 is 5.97 Å². The number of carbonyl (C=O) groups excluding carboxylic acids is 2. The van der Waals surface area contributed by atoms with Crippen LogP contribution in [-0.2, 0) is 4.74 Å². The van der Waals surface area contributed by atoms with Gasteiger partial charge < -0.3 is 10.1 Å². The predicted octanol–water partition coefficient (Wildman–Crippen LogP) is 5.71. The Morgan fingerprint density at radius 3 is 2.53 bits per heavy atom. The van der Waals surface area contributed by atoms with Crippen molar-refractivity contribution in [3.05, 3.63) is 79.7 Å². The maximum Gasteiger partial charge on any atom is 0.341 e. The van der Waals surface area contributed by atoms with Gasteiger partial charge in [-0.15, -0.1) is 11.3 Å². The van der Waals surface area contributed by atoms with Gasteiger partial charge in [-0.1, -0.05) is 29.8 Å². The van der Waals surface area contributed by atoms with Gasteiger partial charge in [0.25, 0.3) is 11.6 Å². The first-order valence-electron chi connectivity index (χ1n) is 8.92. The molecule has 0 saturated carbocycles. The van der Waals surface area contributed by atoms with Crippen LogP contribution in [0.15, 0.2) is 47.8 Å². The van der Waals surface area contributed by atoms with Crippen LogP contribution in [0.25, 0.3) is 11.1 Å². The highest BCUT2D eigenvalue weighted by molar-refractivity contribution is 7.15. The summed E-state index contributed by atoms with van der Waals surface area (Å²) in [6, 6.07) is 11.1. The van der Waals surface area contributed by atoms with E-state index in [0.29, 0.717) is 21.2 Å². The average Bonchev–Trinajstić information content (AvgIpc) is 3.12. The van der Waals surface area contributed by atoms with Crippen LogP contribution in [0, 0.1) is 17.0 Å². The minimum atomic E-state index is -0.575. The second kappa shape index (κ2) is 9.06. The van der Waals surface area contributed by atoms with Crippen molar-refractivity contribution in [1.82, 2.24) is 0 Å². The first kappa shape index (κ1) is 21.5. The first-order valence-corrected chi connectivity index (χ1v) is 10.2. The topological polar surface area (TPSA) is 98.5 Å². The maximum atomic E-state index is 12.7. The number of aryl methyl sites for hydroxylation is 1. The fourth-order valence-corrected chi connectivity index (χ4v) is 3.90. The number of rotatable bonds is 6. The van der Waals surface area contributed by atoms with E-state index in [1.54, 1.807) is 43.5 Å². The molecule has 9 heteroatoms. The highest BCUT2D eigenvalue weighted by Crippen LogP contribution is 2.37. The van der Waals surface area contributed by atoms with E-state index in [-0.39, 0.29) is 23.4 Å². The molecule has 0 spiro atoms. The molecule has 0 saturated heterocycles. The number of nitrogens with zero attached hydrogens (tertiary/aromatic N) is 1. The van der Waals surface area contributed by atoms with Gasteiger partial charge in [-0.2, -0.15) is 0 Å². The summed E-state index contributed by atoms with van der Waals surface area (Å²) in [5.74, 6) is -1.14.